The predicted molar refractivity (Wildman–Crippen MR) is 63.1 cm³/mol. The van der Waals surface area contributed by atoms with Crippen LogP contribution in [-0.4, -0.2) is 35.5 Å². The first-order chi connectivity index (χ1) is 8.66. The topological polar surface area (TPSA) is 51.4 Å². The molecule has 4 fully saturated rings. The molecule has 4 rings (SSSR count). The molecule has 2 saturated carbocycles. The molecule has 4 atom stereocenters. The van der Waals surface area contributed by atoms with Gasteiger partial charge < -0.3 is 14.2 Å². The molecule has 4 aliphatic rings. The number of epoxide rings is 2. The minimum atomic E-state index is -0.678. The fourth-order valence-corrected chi connectivity index (χ4v) is 3.89. The SMILES string of the molecule is CC12OC1(C(=O)OC1CCCCC1)CCC1OC12. The van der Waals surface area contributed by atoms with Crippen LogP contribution < -0.4 is 0 Å². The number of hydrogen-bond acceptors (Lipinski definition) is 4. The summed E-state index contributed by atoms with van der Waals surface area (Å²) in [6.45, 7) is 2.00. The third-order valence-electron chi connectivity index (χ3n) is 5.21. The van der Waals surface area contributed by atoms with Gasteiger partial charge in [0.25, 0.3) is 0 Å². The fraction of sp³-hybridized carbons (Fsp3) is 0.929. The molecule has 4 unspecified atom stereocenters. The minimum absolute atomic E-state index is 0.118. The van der Waals surface area contributed by atoms with Crippen LogP contribution in [0.2, 0.25) is 0 Å². The maximum atomic E-state index is 12.4. The summed E-state index contributed by atoms with van der Waals surface area (Å²) in [5.41, 5.74) is -1.08. The van der Waals surface area contributed by atoms with Crippen LogP contribution in [0.25, 0.3) is 0 Å². The Bertz CT molecular complexity index is 385. The molecule has 2 heterocycles. The van der Waals surface area contributed by atoms with Gasteiger partial charge in [0.2, 0.25) is 0 Å². The van der Waals surface area contributed by atoms with Crippen molar-refractivity contribution >= 4 is 5.97 Å². The minimum Gasteiger partial charge on any atom is -0.460 e. The molecule has 2 aliphatic heterocycles. The highest BCUT2D eigenvalue weighted by molar-refractivity contribution is 5.86. The number of carbonyl (C=O) groups excluding carboxylic acids is 1. The Kier molecular flexibility index (Phi) is 2.17. The Balaban J connectivity index is 1.45. The molecule has 0 amide bonds. The van der Waals surface area contributed by atoms with Crippen LogP contribution in [-0.2, 0) is 19.0 Å². The largest absolute Gasteiger partial charge is 0.460 e. The predicted octanol–water partition coefficient (Wildman–Crippen LogP) is 1.95. The Morgan fingerprint density at radius 2 is 2.00 bits per heavy atom. The first-order valence-electron chi connectivity index (χ1n) is 7.22. The van der Waals surface area contributed by atoms with Crippen LogP contribution in [0.5, 0.6) is 0 Å². The zero-order valence-electron chi connectivity index (χ0n) is 10.8. The van der Waals surface area contributed by atoms with E-state index in [9.17, 15) is 4.79 Å². The van der Waals surface area contributed by atoms with Crippen molar-refractivity contribution < 1.29 is 19.0 Å². The lowest BCUT2D eigenvalue weighted by Gasteiger charge is -2.25. The molecule has 2 saturated heterocycles. The van der Waals surface area contributed by atoms with Crippen molar-refractivity contribution in [3.05, 3.63) is 0 Å². The molecule has 2 aliphatic carbocycles. The summed E-state index contributed by atoms with van der Waals surface area (Å²) in [6.07, 6.45) is 7.92. The van der Waals surface area contributed by atoms with Crippen molar-refractivity contribution in [3.63, 3.8) is 0 Å². The number of fused-ring (bicyclic) bond motifs is 3. The zero-order valence-corrected chi connectivity index (χ0v) is 10.8. The summed E-state index contributed by atoms with van der Waals surface area (Å²) in [4.78, 5) is 12.4. The smallest absolute Gasteiger partial charge is 0.341 e. The molecule has 100 valence electrons. The van der Waals surface area contributed by atoms with Gasteiger partial charge in [0, 0.05) is 0 Å². The van der Waals surface area contributed by atoms with Crippen LogP contribution in [0.4, 0.5) is 0 Å². The lowest BCUT2D eigenvalue weighted by Crippen LogP contribution is -2.42. The molecule has 18 heavy (non-hydrogen) atoms. The molecular formula is C14H20O4. The maximum Gasteiger partial charge on any atom is 0.341 e. The van der Waals surface area contributed by atoms with E-state index in [1.165, 1.54) is 19.3 Å². The molecule has 0 bridgehead atoms. The normalized spacial score (nSPS) is 50.1. The molecule has 4 heteroatoms. The van der Waals surface area contributed by atoms with Gasteiger partial charge >= 0.3 is 5.97 Å². The van der Waals surface area contributed by atoms with E-state index in [1.807, 2.05) is 6.92 Å². The maximum absolute atomic E-state index is 12.4. The second-order valence-corrected chi connectivity index (χ2v) is 6.34. The van der Waals surface area contributed by atoms with Crippen LogP contribution in [0.15, 0.2) is 0 Å². The van der Waals surface area contributed by atoms with Crippen LogP contribution in [0, 0.1) is 0 Å². The summed E-state index contributed by atoms with van der Waals surface area (Å²) in [6, 6.07) is 0. The highest BCUT2D eigenvalue weighted by Gasteiger charge is 2.83. The van der Waals surface area contributed by atoms with Crippen LogP contribution in [0.3, 0.4) is 0 Å². The van der Waals surface area contributed by atoms with Crippen molar-refractivity contribution in [2.24, 2.45) is 0 Å². The first-order valence-corrected chi connectivity index (χ1v) is 7.22. The Hall–Kier alpha value is -0.610. The van der Waals surface area contributed by atoms with E-state index in [0.717, 1.165) is 25.7 Å². The van der Waals surface area contributed by atoms with E-state index in [0.29, 0.717) is 6.10 Å². The molecule has 0 spiro atoms. The highest BCUT2D eigenvalue weighted by Crippen LogP contribution is 2.64. The van der Waals surface area contributed by atoms with Gasteiger partial charge in [-0.2, -0.15) is 0 Å². The summed E-state index contributed by atoms with van der Waals surface area (Å²) in [5, 5.41) is 0. The van der Waals surface area contributed by atoms with Gasteiger partial charge in [-0.25, -0.2) is 4.79 Å². The third-order valence-corrected chi connectivity index (χ3v) is 5.21. The standard InChI is InChI=1S/C14H20O4/c1-13-11-10(17-11)7-8-14(13,18-13)12(15)16-9-5-3-2-4-6-9/h9-11H,2-8H2,1H3. The molecule has 0 aromatic carbocycles. The van der Waals surface area contributed by atoms with Crippen molar-refractivity contribution in [2.75, 3.05) is 0 Å². The number of carbonyl (C=O) groups is 1. The molecule has 0 aromatic rings. The molecular weight excluding hydrogens is 232 g/mol. The number of hydrogen-bond donors (Lipinski definition) is 0. The van der Waals surface area contributed by atoms with Crippen molar-refractivity contribution in [1.29, 1.82) is 0 Å². The Morgan fingerprint density at radius 3 is 2.78 bits per heavy atom. The van der Waals surface area contributed by atoms with Gasteiger partial charge in [0.15, 0.2) is 5.60 Å². The Labute approximate surface area is 107 Å². The summed E-state index contributed by atoms with van der Waals surface area (Å²) >= 11 is 0. The Morgan fingerprint density at radius 1 is 1.22 bits per heavy atom. The van der Waals surface area contributed by atoms with Gasteiger partial charge in [-0.05, 0) is 45.4 Å². The van der Waals surface area contributed by atoms with E-state index in [1.54, 1.807) is 0 Å². The van der Waals surface area contributed by atoms with Crippen LogP contribution in [0.1, 0.15) is 51.9 Å². The van der Waals surface area contributed by atoms with E-state index < -0.39 is 11.2 Å². The van der Waals surface area contributed by atoms with Crippen LogP contribution >= 0.6 is 0 Å². The second-order valence-electron chi connectivity index (χ2n) is 6.34. The summed E-state index contributed by atoms with van der Waals surface area (Å²) in [7, 11) is 0. The second kappa shape index (κ2) is 3.48. The van der Waals surface area contributed by atoms with Gasteiger partial charge in [0.05, 0.1) is 6.10 Å². The third kappa shape index (κ3) is 1.36. The first kappa shape index (κ1) is 11.2. The molecule has 0 N–H and O–H groups in total. The van der Waals surface area contributed by atoms with E-state index in [2.05, 4.69) is 0 Å². The zero-order chi connectivity index (χ0) is 12.4. The average Bonchev–Trinajstić information content (AvgIpc) is 3.22. The summed E-state index contributed by atoms with van der Waals surface area (Å²) < 4.78 is 17.1. The van der Waals surface area contributed by atoms with E-state index in [-0.39, 0.29) is 18.2 Å². The van der Waals surface area contributed by atoms with Gasteiger partial charge in [-0.15, -0.1) is 0 Å². The number of esters is 1. The molecule has 0 radical (unpaired) electrons. The lowest BCUT2D eigenvalue weighted by molar-refractivity contribution is -0.157. The molecule has 0 aromatic heterocycles. The van der Waals surface area contributed by atoms with Crippen molar-refractivity contribution in [3.8, 4) is 0 Å². The molecule has 4 nitrogen and oxygen atoms in total. The lowest BCUT2D eigenvalue weighted by atomic mass is 9.80. The van der Waals surface area contributed by atoms with Crippen molar-refractivity contribution in [2.45, 2.75) is 81.4 Å². The monoisotopic (exact) mass is 252 g/mol. The highest BCUT2D eigenvalue weighted by atomic mass is 16.7. The van der Waals surface area contributed by atoms with Gasteiger partial charge in [-0.1, -0.05) is 6.42 Å². The number of ether oxygens (including phenoxy) is 3. The van der Waals surface area contributed by atoms with E-state index in [4.69, 9.17) is 14.2 Å². The fourth-order valence-electron chi connectivity index (χ4n) is 3.89. The van der Waals surface area contributed by atoms with E-state index >= 15 is 0 Å². The van der Waals surface area contributed by atoms with Crippen molar-refractivity contribution in [1.82, 2.24) is 0 Å². The van der Waals surface area contributed by atoms with Gasteiger partial charge in [0.1, 0.15) is 17.8 Å². The summed E-state index contributed by atoms with van der Waals surface area (Å²) in [5.74, 6) is -0.133. The van der Waals surface area contributed by atoms with Gasteiger partial charge in [-0.3, -0.25) is 0 Å². The quantitative estimate of drug-likeness (QED) is 0.557. The average molecular weight is 252 g/mol. The number of rotatable bonds is 2.